The zero-order valence-electron chi connectivity index (χ0n) is 45.1. The van der Waals surface area contributed by atoms with Crippen molar-refractivity contribution in [2.75, 3.05) is 13.2 Å². The molecule has 6 heteroatoms. The monoisotopic (exact) mass is 951 g/mol. The zero-order valence-corrected chi connectivity index (χ0v) is 45.1. The quantitative estimate of drug-likeness (QED) is 0.0262. The van der Waals surface area contributed by atoms with Gasteiger partial charge >= 0.3 is 17.9 Å². The molecular formula is C62H110O6. The van der Waals surface area contributed by atoms with Crippen LogP contribution >= 0.6 is 0 Å². The van der Waals surface area contributed by atoms with Gasteiger partial charge in [0, 0.05) is 19.3 Å². The van der Waals surface area contributed by atoms with Crippen LogP contribution in [-0.2, 0) is 28.6 Å². The van der Waals surface area contributed by atoms with E-state index in [0.717, 1.165) is 77.0 Å². The summed E-state index contributed by atoms with van der Waals surface area (Å²) in [7, 11) is 0. The highest BCUT2D eigenvalue weighted by Gasteiger charge is 2.19. The summed E-state index contributed by atoms with van der Waals surface area (Å²) in [5.41, 5.74) is 0. The SMILES string of the molecule is CC/C=C/C/C=C/C/C=C/C/C=C/C/C=C/CCCC(=O)OC[C@@H](COC(=O)CCCCCCCCCCCCCCCCCC)OC(=O)CCCCCCCCCCCCCCCCCCC. The van der Waals surface area contributed by atoms with Gasteiger partial charge in [-0.05, 0) is 57.8 Å². The van der Waals surface area contributed by atoms with E-state index in [1.165, 1.54) is 173 Å². The van der Waals surface area contributed by atoms with Crippen LogP contribution in [-0.4, -0.2) is 37.2 Å². The van der Waals surface area contributed by atoms with Crippen molar-refractivity contribution in [3.63, 3.8) is 0 Å². The van der Waals surface area contributed by atoms with Crippen molar-refractivity contribution in [1.82, 2.24) is 0 Å². The highest BCUT2D eigenvalue weighted by atomic mass is 16.6. The van der Waals surface area contributed by atoms with Gasteiger partial charge in [-0.1, -0.05) is 281 Å². The molecule has 0 spiro atoms. The fourth-order valence-corrected chi connectivity index (χ4v) is 8.42. The van der Waals surface area contributed by atoms with Crippen molar-refractivity contribution in [1.29, 1.82) is 0 Å². The van der Waals surface area contributed by atoms with Crippen LogP contribution in [0.1, 0.15) is 297 Å². The van der Waals surface area contributed by atoms with E-state index in [1.54, 1.807) is 0 Å². The number of carbonyl (C=O) groups is 3. The summed E-state index contributed by atoms with van der Waals surface area (Å²) in [4.78, 5) is 38.2. The lowest BCUT2D eigenvalue weighted by Crippen LogP contribution is -2.30. The summed E-state index contributed by atoms with van der Waals surface area (Å²) in [5.74, 6) is -0.932. The Morgan fingerprint density at radius 3 is 0.897 bits per heavy atom. The predicted molar refractivity (Wildman–Crippen MR) is 293 cm³/mol. The van der Waals surface area contributed by atoms with Crippen LogP contribution in [0, 0.1) is 0 Å². The summed E-state index contributed by atoms with van der Waals surface area (Å²) in [5, 5.41) is 0. The Labute approximate surface area is 421 Å². The van der Waals surface area contributed by atoms with Crippen LogP contribution in [0.25, 0.3) is 0 Å². The average molecular weight is 952 g/mol. The lowest BCUT2D eigenvalue weighted by molar-refractivity contribution is -0.167. The maximum absolute atomic E-state index is 12.9. The van der Waals surface area contributed by atoms with Gasteiger partial charge in [0.05, 0.1) is 0 Å². The molecule has 0 aromatic heterocycles. The van der Waals surface area contributed by atoms with E-state index in [2.05, 4.69) is 81.5 Å². The molecule has 0 bridgehead atoms. The number of rotatable bonds is 53. The topological polar surface area (TPSA) is 78.9 Å². The maximum atomic E-state index is 12.9. The Bertz CT molecular complexity index is 1230. The van der Waals surface area contributed by atoms with Crippen LogP contribution in [0.2, 0.25) is 0 Å². The zero-order chi connectivity index (χ0) is 49.3. The first-order chi connectivity index (χ1) is 33.5. The number of esters is 3. The van der Waals surface area contributed by atoms with Gasteiger partial charge in [-0.3, -0.25) is 14.4 Å². The van der Waals surface area contributed by atoms with Crippen molar-refractivity contribution < 1.29 is 28.6 Å². The molecule has 0 rings (SSSR count). The number of ether oxygens (including phenoxy) is 3. The molecule has 0 fully saturated rings. The van der Waals surface area contributed by atoms with Gasteiger partial charge in [0.2, 0.25) is 0 Å². The first-order valence-corrected chi connectivity index (χ1v) is 29.3. The minimum Gasteiger partial charge on any atom is -0.462 e. The molecule has 1 atom stereocenters. The normalized spacial score (nSPS) is 12.5. The van der Waals surface area contributed by atoms with Crippen LogP contribution in [0.15, 0.2) is 60.8 Å². The van der Waals surface area contributed by atoms with E-state index >= 15 is 0 Å². The lowest BCUT2D eigenvalue weighted by Gasteiger charge is -2.18. The number of unbranched alkanes of at least 4 members (excludes halogenated alkanes) is 32. The Morgan fingerprint density at radius 1 is 0.309 bits per heavy atom. The van der Waals surface area contributed by atoms with E-state index in [-0.39, 0.29) is 37.5 Å². The Kier molecular flexibility index (Phi) is 54.3. The number of hydrogen-bond donors (Lipinski definition) is 0. The molecule has 6 nitrogen and oxygen atoms in total. The molecule has 0 aromatic carbocycles. The minimum atomic E-state index is -0.794. The molecule has 0 aliphatic carbocycles. The van der Waals surface area contributed by atoms with Gasteiger partial charge < -0.3 is 14.2 Å². The van der Waals surface area contributed by atoms with Crippen molar-refractivity contribution in [2.45, 2.75) is 303 Å². The second kappa shape index (κ2) is 56.7. The molecule has 0 amide bonds. The van der Waals surface area contributed by atoms with Crippen molar-refractivity contribution in [3.05, 3.63) is 60.8 Å². The Balaban J connectivity index is 4.42. The van der Waals surface area contributed by atoms with E-state index in [1.807, 2.05) is 0 Å². The number of allylic oxidation sites excluding steroid dienone is 10. The molecule has 0 N–H and O–H groups in total. The highest BCUT2D eigenvalue weighted by molar-refractivity contribution is 5.71. The maximum Gasteiger partial charge on any atom is 0.306 e. The van der Waals surface area contributed by atoms with Crippen LogP contribution in [0.3, 0.4) is 0 Å². The first-order valence-electron chi connectivity index (χ1n) is 29.3. The Hall–Kier alpha value is -2.89. The molecule has 0 aliphatic rings. The van der Waals surface area contributed by atoms with E-state index in [0.29, 0.717) is 19.3 Å². The molecule has 0 heterocycles. The average Bonchev–Trinajstić information content (AvgIpc) is 3.34. The lowest BCUT2D eigenvalue weighted by atomic mass is 10.0. The molecule has 68 heavy (non-hydrogen) atoms. The third kappa shape index (κ3) is 54.1. The molecule has 0 aliphatic heterocycles. The third-order valence-electron chi connectivity index (χ3n) is 12.8. The van der Waals surface area contributed by atoms with E-state index < -0.39 is 6.10 Å². The molecule has 0 saturated heterocycles. The van der Waals surface area contributed by atoms with Gasteiger partial charge in [0.1, 0.15) is 13.2 Å². The molecule has 0 unspecified atom stereocenters. The third-order valence-corrected chi connectivity index (χ3v) is 12.8. The van der Waals surface area contributed by atoms with Crippen molar-refractivity contribution >= 4 is 17.9 Å². The molecule has 0 saturated carbocycles. The van der Waals surface area contributed by atoms with E-state index in [9.17, 15) is 14.4 Å². The largest absolute Gasteiger partial charge is 0.462 e. The van der Waals surface area contributed by atoms with Gasteiger partial charge in [0.15, 0.2) is 6.10 Å². The van der Waals surface area contributed by atoms with Crippen LogP contribution in [0.5, 0.6) is 0 Å². The molecule has 0 aromatic rings. The smallest absolute Gasteiger partial charge is 0.306 e. The van der Waals surface area contributed by atoms with Crippen LogP contribution < -0.4 is 0 Å². The Morgan fingerprint density at radius 2 is 0.574 bits per heavy atom. The van der Waals surface area contributed by atoms with Crippen molar-refractivity contribution in [2.24, 2.45) is 0 Å². The van der Waals surface area contributed by atoms with Gasteiger partial charge in [-0.15, -0.1) is 0 Å². The molecular weight excluding hydrogens is 841 g/mol. The number of carbonyl (C=O) groups excluding carboxylic acids is 3. The molecule has 394 valence electrons. The van der Waals surface area contributed by atoms with Gasteiger partial charge in [-0.2, -0.15) is 0 Å². The number of hydrogen-bond acceptors (Lipinski definition) is 6. The van der Waals surface area contributed by atoms with Crippen LogP contribution in [0.4, 0.5) is 0 Å². The van der Waals surface area contributed by atoms with Gasteiger partial charge in [-0.25, -0.2) is 0 Å². The fraction of sp³-hybridized carbons (Fsp3) is 0.790. The van der Waals surface area contributed by atoms with Crippen molar-refractivity contribution in [3.8, 4) is 0 Å². The summed E-state index contributed by atoms with van der Waals surface area (Å²) in [6.45, 7) is 6.52. The summed E-state index contributed by atoms with van der Waals surface area (Å²) < 4.78 is 16.8. The summed E-state index contributed by atoms with van der Waals surface area (Å²) >= 11 is 0. The van der Waals surface area contributed by atoms with E-state index in [4.69, 9.17) is 14.2 Å². The summed E-state index contributed by atoms with van der Waals surface area (Å²) in [6.07, 6.45) is 70.7. The highest BCUT2D eigenvalue weighted by Crippen LogP contribution is 2.17. The second-order valence-electron chi connectivity index (χ2n) is 19.5. The molecule has 0 radical (unpaired) electrons. The standard InChI is InChI=1S/C62H110O6/c1-4-7-10-13-16-19-22-25-28-31-34-37-40-43-46-49-52-55-61(64)67-58-59(57-66-60(63)54-51-48-45-42-39-36-33-30-27-24-21-18-15-12-9-6-3)68-62(65)56-53-50-47-44-41-38-35-32-29-26-23-20-17-14-11-8-5-2/h7,10,16,19,25,28,34,37,43,46,59H,4-6,8-9,11-15,17-18,20-24,26-27,29-33,35-36,38-42,44-45,47-58H2,1-3H3/b10-7+,19-16+,28-25+,37-34+,46-43+/t59-/m1/s1. The summed E-state index contributed by atoms with van der Waals surface area (Å²) in [6, 6.07) is 0. The predicted octanol–water partition coefficient (Wildman–Crippen LogP) is 19.6. The second-order valence-corrected chi connectivity index (χ2v) is 19.5. The van der Waals surface area contributed by atoms with Gasteiger partial charge in [0.25, 0.3) is 0 Å². The minimum absolute atomic E-state index is 0.0875. The first kappa shape index (κ1) is 65.1. The fourth-order valence-electron chi connectivity index (χ4n) is 8.42.